The molecule has 0 saturated heterocycles. The summed E-state index contributed by atoms with van der Waals surface area (Å²) < 4.78 is 5.07. The molecular weight excluding hydrogens is 312 g/mol. The molecule has 0 radical (unpaired) electrons. The number of carbonyl (C=O) groups is 3. The van der Waals surface area contributed by atoms with E-state index in [1.807, 2.05) is 6.07 Å². The van der Waals surface area contributed by atoms with Crippen molar-refractivity contribution in [2.24, 2.45) is 0 Å². The summed E-state index contributed by atoms with van der Waals surface area (Å²) in [5.41, 5.74) is 0.280. The van der Waals surface area contributed by atoms with Gasteiger partial charge in [-0.2, -0.15) is 0 Å². The number of ether oxygens (including phenoxy) is 1. The molecule has 24 heavy (non-hydrogen) atoms. The van der Waals surface area contributed by atoms with Gasteiger partial charge in [0.1, 0.15) is 17.5 Å². The highest BCUT2D eigenvalue weighted by Gasteiger charge is 2.27. The van der Waals surface area contributed by atoms with Crippen molar-refractivity contribution in [2.75, 3.05) is 11.9 Å². The molecule has 2 rings (SSSR count). The Morgan fingerprint density at radius 3 is 2.88 bits per heavy atom. The van der Waals surface area contributed by atoms with Crippen LogP contribution in [0.3, 0.4) is 0 Å². The molecule has 0 saturated carbocycles. The summed E-state index contributed by atoms with van der Waals surface area (Å²) in [6.45, 7) is 5.41. The highest BCUT2D eigenvalue weighted by Crippen LogP contribution is 2.19. The number of carbonyl (C=O) groups excluding carboxylic acids is 3. The quantitative estimate of drug-likeness (QED) is 0.760. The van der Waals surface area contributed by atoms with Gasteiger partial charge in [-0.3, -0.25) is 9.59 Å². The molecule has 2 heterocycles. The largest absolute Gasteiger partial charge is 0.444 e. The smallest absolute Gasteiger partial charge is 0.407 e. The van der Waals surface area contributed by atoms with E-state index in [0.29, 0.717) is 12.2 Å². The average molecular weight is 334 g/mol. The minimum atomic E-state index is -0.643. The van der Waals surface area contributed by atoms with Crippen LogP contribution < -0.4 is 16.0 Å². The second-order valence-electron chi connectivity index (χ2n) is 6.50. The van der Waals surface area contributed by atoms with Crippen molar-refractivity contribution >= 4 is 23.7 Å². The summed E-state index contributed by atoms with van der Waals surface area (Å²) in [7, 11) is 0. The molecule has 3 N–H and O–H groups in total. The number of hydrogen-bond acceptors (Lipinski definition) is 5. The Bertz CT molecular complexity index is 639. The maximum Gasteiger partial charge on any atom is 0.407 e. The molecular formula is C16H22N4O4. The Morgan fingerprint density at radius 2 is 2.17 bits per heavy atom. The summed E-state index contributed by atoms with van der Waals surface area (Å²) in [5, 5.41) is 7.82. The molecule has 0 spiro atoms. The monoisotopic (exact) mass is 334 g/mol. The van der Waals surface area contributed by atoms with Crippen LogP contribution in [0.25, 0.3) is 0 Å². The van der Waals surface area contributed by atoms with Crippen LogP contribution in [0.4, 0.5) is 10.6 Å². The Hall–Kier alpha value is -2.64. The molecule has 8 nitrogen and oxygen atoms in total. The number of aromatic nitrogens is 1. The second-order valence-corrected chi connectivity index (χ2v) is 6.50. The van der Waals surface area contributed by atoms with Crippen LogP contribution >= 0.6 is 0 Å². The van der Waals surface area contributed by atoms with E-state index >= 15 is 0 Å². The van der Waals surface area contributed by atoms with Gasteiger partial charge in [-0.25, -0.2) is 9.78 Å². The summed E-state index contributed by atoms with van der Waals surface area (Å²) >= 11 is 0. The molecule has 0 fully saturated rings. The molecule has 0 bridgehead atoms. The first-order valence-corrected chi connectivity index (χ1v) is 7.75. The fraction of sp³-hybridized carbons (Fsp3) is 0.500. The van der Waals surface area contributed by atoms with Crippen molar-refractivity contribution in [1.29, 1.82) is 0 Å². The van der Waals surface area contributed by atoms with Gasteiger partial charge >= 0.3 is 6.09 Å². The molecule has 130 valence electrons. The molecule has 1 unspecified atom stereocenters. The van der Waals surface area contributed by atoms with E-state index in [0.717, 1.165) is 5.56 Å². The molecule has 1 atom stereocenters. The van der Waals surface area contributed by atoms with Gasteiger partial charge in [-0.05, 0) is 32.4 Å². The van der Waals surface area contributed by atoms with Crippen LogP contribution in [-0.4, -0.2) is 41.1 Å². The summed E-state index contributed by atoms with van der Waals surface area (Å²) in [5.74, 6) is -0.0900. The highest BCUT2D eigenvalue weighted by molar-refractivity contribution is 5.99. The number of anilines is 1. The summed E-state index contributed by atoms with van der Waals surface area (Å²) in [4.78, 5) is 39.5. The highest BCUT2D eigenvalue weighted by atomic mass is 16.6. The Kier molecular flexibility index (Phi) is 5.38. The van der Waals surface area contributed by atoms with E-state index in [-0.39, 0.29) is 24.8 Å². The van der Waals surface area contributed by atoms with Gasteiger partial charge < -0.3 is 20.7 Å². The molecule has 1 aromatic heterocycles. The zero-order valence-electron chi connectivity index (χ0n) is 14.0. The SMILES string of the molecule is CC(C)(C)OC(=O)NCCC(=O)NC1Cc2cccnc2NC1=O. The summed E-state index contributed by atoms with van der Waals surface area (Å²) in [6.07, 6.45) is 1.47. The molecule has 0 aromatic carbocycles. The first-order valence-electron chi connectivity index (χ1n) is 7.75. The number of amides is 3. The van der Waals surface area contributed by atoms with Crippen LogP contribution in [-0.2, 0) is 20.7 Å². The minimum absolute atomic E-state index is 0.0585. The van der Waals surface area contributed by atoms with Crippen LogP contribution in [0.2, 0.25) is 0 Å². The van der Waals surface area contributed by atoms with Gasteiger partial charge in [0, 0.05) is 25.6 Å². The number of rotatable bonds is 4. The van der Waals surface area contributed by atoms with E-state index in [1.54, 1.807) is 33.0 Å². The number of pyridine rings is 1. The van der Waals surface area contributed by atoms with Crippen molar-refractivity contribution in [2.45, 2.75) is 45.3 Å². The van der Waals surface area contributed by atoms with E-state index in [9.17, 15) is 14.4 Å². The lowest BCUT2D eigenvalue weighted by Crippen LogP contribution is -2.48. The Labute approximate surface area is 140 Å². The number of nitrogens with one attached hydrogen (secondary N) is 3. The third kappa shape index (κ3) is 5.22. The van der Waals surface area contributed by atoms with Crippen molar-refractivity contribution in [3.63, 3.8) is 0 Å². The average Bonchev–Trinajstić information content (AvgIpc) is 2.46. The zero-order chi connectivity index (χ0) is 17.7. The second kappa shape index (κ2) is 7.29. The van der Waals surface area contributed by atoms with Crippen LogP contribution in [0, 0.1) is 0 Å². The van der Waals surface area contributed by atoms with Crippen LogP contribution in [0.15, 0.2) is 18.3 Å². The fourth-order valence-corrected chi connectivity index (χ4v) is 2.21. The Balaban J connectivity index is 1.77. The van der Waals surface area contributed by atoms with E-state index < -0.39 is 17.7 Å². The predicted octanol–water partition coefficient (Wildman–Crippen LogP) is 0.976. The lowest BCUT2D eigenvalue weighted by molar-refractivity contribution is -0.126. The lowest BCUT2D eigenvalue weighted by Gasteiger charge is -2.24. The molecule has 8 heteroatoms. The molecule has 3 amide bonds. The number of alkyl carbamates (subject to hydrolysis) is 1. The topological polar surface area (TPSA) is 109 Å². The number of nitrogens with zero attached hydrogens (tertiary/aromatic N) is 1. The number of fused-ring (bicyclic) bond motifs is 1. The van der Waals surface area contributed by atoms with Gasteiger partial charge in [-0.15, -0.1) is 0 Å². The van der Waals surface area contributed by atoms with Gasteiger partial charge in [0.2, 0.25) is 11.8 Å². The van der Waals surface area contributed by atoms with E-state index in [1.165, 1.54) is 0 Å². The molecule has 0 aliphatic carbocycles. The first-order chi connectivity index (χ1) is 11.2. The maximum atomic E-state index is 12.0. The molecule has 1 aliphatic rings. The molecule has 1 aromatic rings. The van der Waals surface area contributed by atoms with Crippen molar-refractivity contribution < 1.29 is 19.1 Å². The number of hydrogen-bond donors (Lipinski definition) is 3. The zero-order valence-corrected chi connectivity index (χ0v) is 14.0. The Morgan fingerprint density at radius 1 is 1.42 bits per heavy atom. The van der Waals surface area contributed by atoms with Crippen molar-refractivity contribution in [3.05, 3.63) is 23.9 Å². The minimum Gasteiger partial charge on any atom is -0.444 e. The maximum absolute atomic E-state index is 12.0. The van der Waals surface area contributed by atoms with Gasteiger partial charge in [0.25, 0.3) is 0 Å². The van der Waals surface area contributed by atoms with Gasteiger partial charge in [0.15, 0.2) is 0 Å². The summed E-state index contributed by atoms with van der Waals surface area (Å²) in [6, 6.07) is 2.99. The first kappa shape index (κ1) is 17.7. The lowest BCUT2D eigenvalue weighted by atomic mass is 10.0. The normalized spacial score (nSPS) is 16.6. The van der Waals surface area contributed by atoms with Crippen LogP contribution in [0.5, 0.6) is 0 Å². The van der Waals surface area contributed by atoms with Crippen LogP contribution in [0.1, 0.15) is 32.8 Å². The standard InChI is InChI=1S/C16H22N4O4/c1-16(2,3)24-15(23)18-8-6-12(21)19-11-9-10-5-4-7-17-13(10)20-14(11)22/h4-5,7,11H,6,8-9H2,1-3H3,(H,18,23)(H,19,21)(H,17,20,22). The van der Waals surface area contributed by atoms with E-state index in [4.69, 9.17) is 4.74 Å². The third-order valence-electron chi connectivity index (χ3n) is 3.23. The fourth-order valence-electron chi connectivity index (χ4n) is 2.21. The van der Waals surface area contributed by atoms with Crippen molar-refractivity contribution in [1.82, 2.24) is 15.6 Å². The predicted molar refractivity (Wildman–Crippen MR) is 87.4 cm³/mol. The van der Waals surface area contributed by atoms with Gasteiger partial charge in [0.05, 0.1) is 0 Å². The van der Waals surface area contributed by atoms with Gasteiger partial charge in [-0.1, -0.05) is 6.07 Å². The molecule has 1 aliphatic heterocycles. The van der Waals surface area contributed by atoms with Crippen molar-refractivity contribution in [3.8, 4) is 0 Å². The third-order valence-corrected chi connectivity index (χ3v) is 3.23. The van der Waals surface area contributed by atoms with E-state index in [2.05, 4.69) is 20.9 Å².